The predicted octanol–water partition coefficient (Wildman–Crippen LogP) is 0.426. The van der Waals surface area contributed by atoms with Gasteiger partial charge in [0.25, 0.3) is 5.91 Å². The zero-order valence-electron chi connectivity index (χ0n) is 10.7. The van der Waals surface area contributed by atoms with Gasteiger partial charge in [-0.3, -0.25) is 9.59 Å². The van der Waals surface area contributed by atoms with Crippen LogP contribution in [0.4, 0.5) is 10.1 Å². The number of nitrogens with one attached hydrogen (secondary N) is 1. The zero-order valence-corrected chi connectivity index (χ0v) is 11.6. The zero-order chi connectivity index (χ0) is 15.4. The summed E-state index contributed by atoms with van der Waals surface area (Å²) >= 11 is 0.989. The summed E-state index contributed by atoms with van der Waals surface area (Å²) in [4.78, 5) is 30.7. The van der Waals surface area contributed by atoms with E-state index in [-0.39, 0.29) is 23.2 Å². The van der Waals surface area contributed by atoms with Crippen LogP contribution in [0, 0.1) is 5.82 Å². The van der Waals surface area contributed by atoms with Gasteiger partial charge >= 0.3 is 0 Å². The highest BCUT2D eigenvalue weighted by Gasteiger charge is 2.30. The van der Waals surface area contributed by atoms with E-state index in [1.165, 1.54) is 18.2 Å². The summed E-state index contributed by atoms with van der Waals surface area (Å²) in [7, 11) is 0. The van der Waals surface area contributed by atoms with Crippen molar-refractivity contribution >= 4 is 40.4 Å². The number of aliphatic imine (C=N–C) groups is 2. The molecule has 1 atom stereocenters. The lowest BCUT2D eigenvalue weighted by Crippen LogP contribution is -2.23. The third-order valence-electron chi connectivity index (χ3n) is 2.47. The number of para-hydroxylation sites is 1. The highest BCUT2D eigenvalue weighted by molar-refractivity contribution is 8.15. The third kappa shape index (κ3) is 4.02. The van der Waals surface area contributed by atoms with Crippen LogP contribution in [0.3, 0.4) is 0 Å². The minimum absolute atomic E-state index is 0.0586. The Kier molecular flexibility index (Phi) is 4.53. The quantitative estimate of drug-likeness (QED) is 0.552. The normalized spacial score (nSPS) is 17.3. The third-order valence-corrected chi connectivity index (χ3v) is 3.52. The van der Waals surface area contributed by atoms with Gasteiger partial charge in [0.1, 0.15) is 11.1 Å². The van der Waals surface area contributed by atoms with Crippen molar-refractivity contribution in [3.63, 3.8) is 0 Å². The first-order valence-corrected chi connectivity index (χ1v) is 6.77. The predicted molar refractivity (Wildman–Crippen MR) is 79.3 cm³/mol. The molecular weight excluding hydrogens is 297 g/mol. The van der Waals surface area contributed by atoms with Crippen molar-refractivity contribution in [1.29, 1.82) is 0 Å². The van der Waals surface area contributed by atoms with E-state index in [9.17, 15) is 14.0 Å². The number of anilines is 1. The number of amides is 2. The fraction of sp³-hybridized carbons (Fsp3) is 0.167. The van der Waals surface area contributed by atoms with Gasteiger partial charge < -0.3 is 16.8 Å². The second-order valence-electron chi connectivity index (χ2n) is 4.11. The number of nitrogens with zero attached hydrogens (tertiary/aromatic N) is 2. The largest absolute Gasteiger partial charge is 0.370 e. The number of hydrogen-bond donors (Lipinski definition) is 3. The lowest BCUT2D eigenvalue weighted by atomic mass is 10.2. The molecular formula is C12H12FN5O2S. The second kappa shape index (κ2) is 6.35. The molecule has 1 aliphatic heterocycles. The standard InChI is InChI=1S/C12H12FN5O2S/c13-6-3-1-2-4-7(6)16-9(19)5-8-10(20)17-12(21-8)18-11(14)15/h1-4,8H,5H2,(H,16,19)(H4,14,15,17,18,20). The summed E-state index contributed by atoms with van der Waals surface area (Å²) in [5.74, 6) is -1.75. The van der Waals surface area contributed by atoms with E-state index < -0.39 is 22.9 Å². The number of amidine groups is 1. The van der Waals surface area contributed by atoms with E-state index in [2.05, 4.69) is 15.3 Å². The van der Waals surface area contributed by atoms with E-state index in [1.807, 2.05) is 0 Å². The summed E-state index contributed by atoms with van der Waals surface area (Å²) in [6.45, 7) is 0. The van der Waals surface area contributed by atoms with E-state index in [1.54, 1.807) is 6.07 Å². The molecule has 0 saturated heterocycles. The Morgan fingerprint density at radius 2 is 2.14 bits per heavy atom. The van der Waals surface area contributed by atoms with Crippen LogP contribution in [-0.2, 0) is 9.59 Å². The summed E-state index contributed by atoms with van der Waals surface area (Å²) in [5, 5.41) is 1.80. The van der Waals surface area contributed by atoms with E-state index >= 15 is 0 Å². The molecule has 0 aromatic heterocycles. The minimum Gasteiger partial charge on any atom is -0.370 e. The molecule has 7 nitrogen and oxygen atoms in total. The Morgan fingerprint density at radius 3 is 2.81 bits per heavy atom. The van der Waals surface area contributed by atoms with Crippen LogP contribution >= 0.6 is 11.8 Å². The fourth-order valence-electron chi connectivity index (χ4n) is 1.59. The van der Waals surface area contributed by atoms with Crippen molar-refractivity contribution in [2.45, 2.75) is 11.7 Å². The average Bonchev–Trinajstić information content (AvgIpc) is 2.71. The number of nitrogens with two attached hydrogens (primary N) is 2. The Bertz CT molecular complexity index is 642. The molecule has 1 aromatic rings. The summed E-state index contributed by atoms with van der Waals surface area (Å²) < 4.78 is 13.4. The molecule has 9 heteroatoms. The topological polar surface area (TPSA) is 123 Å². The number of halogens is 1. The SMILES string of the molecule is NC(N)=NC1=NC(=O)C(CC(=O)Nc2ccccc2F)S1. The first-order chi connectivity index (χ1) is 9.95. The van der Waals surface area contributed by atoms with Crippen molar-refractivity contribution in [3.8, 4) is 0 Å². The van der Waals surface area contributed by atoms with E-state index in [0.717, 1.165) is 11.8 Å². The highest BCUT2D eigenvalue weighted by atomic mass is 32.2. The fourth-order valence-corrected chi connectivity index (χ4v) is 2.54. The van der Waals surface area contributed by atoms with Gasteiger partial charge in [-0.1, -0.05) is 23.9 Å². The smallest absolute Gasteiger partial charge is 0.262 e. The molecule has 1 aromatic carbocycles. The van der Waals surface area contributed by atoms with Gasteiger partial charge in [0.2, 0.25) is 5.91 Å². The number of carbonyl (C=O) groups is 2. The first-order valence-electron chi connectivity index (χ1n) is 5.89. The molecule has 0 bridgehead atoms. The van der Waals surface area contributed by atoms with Gasteiger partial charge in [-0.2, -0.15) is 9.98 Å². The van der Waals surface area contributed by atoms with Gasteiger partial charge in [0, 0.05) is 6.42 Å². The van der Waals surface area contributed by atoms with Crippen LogP contribution in [0.25, 0.3) is 0 Å². The highest BCUT2D eigenvalue weighted by Crippen LogP contribution is 2.26. The molecule has 2 amide bonds. The van der Waals surface area contributed by atoms with Crippen LogP contribution in [0.1, 0.15) is 6.42 Å². The monoisotopic (exact) mass is 309 g/mol. The molecule has 0 aliphatic carbocycles. The summed E-state index contributed by atoms with van der Waals surface area (Å²) in [6.07, 6.45) is -0.148. The van der Waals surface area contributed by atoms with E-state index in [0.29, 0.717) is 0 Å². The van der Waals surface area contributed by atoms with Gasteiger partial charge in [-0.05, 0) is 12.1 Å². The summed E-state index contributed by atoms with van der Waals surface area (Å²) in [6, 6.07) is 5.76. The van der Waals surface area contributed by atoms with Gasteiger partial charge in [-0.15, -0.1) is 0 Å². The molecule has 2 rings (SSSR count). The maximum Gasteiger partial charge on any atom is 0.262 e. The van der Waals surface area contributed by atoms with Crippen molar-refractivity contribution in [2.75, 3.05) is 5.32 Å². The van der Waals surface area contributed by atoms with Crippen molar-refractivity contribution in [1.82, 2.24) is 0 Å². The lowest BCUT2D eigenvalue weighted by molar-refractivity contribution is -0.121. The number of rotatable bonds is 3. The van der Waals surface area contributed by atoms with Crippen LogP contribution in [0.15, 0.2) is 34.3 Å². The second-order valence-corrected chi connectivity index (χ2v) is 5.28. The Hall–Kier alpha value is -2.42. The molecule has 0 radical (unpaired) electrons. The summed E-state index contributed by atoms with van der Waals surface area (Å²) in [5.41, 5.74) is 10.4. The number of benzene rings is 1. The molecule has 0 spiro atoms. The number of hydrogen-bond acceptors (Lipinski definition) is 4. The molecule has 1 heterocycles. The number of carbonyl (C=O) groups excluding carboxylic acids is 2. The van der Waals surface area contributed by atoms with Crippen molar-refractivity contribution in [3.05, 3.63) is 30.1 Å². The van der Waals surface area contributed by atoms with Crippen LogP contribution in [0.2, 0.25) is 0 Å². The van der Waals surface area contributed by atoms with Crippen LogP contribution in [0.5, 0.6) is 0 Å². The molecule has 0 fully saturated rings. The minimum atomic E-state index is -0.713. The molecule has 1 unspecified atom stereocenters. The van der Waals surface area contributed by atoms with Crippen LogP contribution < -0.4 is 16.8 Å². The first kappa shape index (κ1) is 15.0. The average molecular weight is 309 g/mol. The Morgan fingerprint density at radius 1 is 1.43 bits per heavy atom. The number of guanidine groups is 1. The van der Waals surface area contributed by atoms with Gasteiger partial charge in [0.15, 0.2) is 11.1 Å². The molecule has 110 valence electrons. The Labute approximate surface area is 123 Å². The molecule has 0 saturated carbocycles. The molecule has 1 aliphatic rings. The molecule has 5 N–H and O–H groups in total. The number of thioether (sulfide) groups is 1. The lowest BCUT2D eigenvalue weighted by Gasteiger charge is -2.08. The Balaban J connectivity index is 1.95. The molecule has 21 heavy (non-hydrogen) atoms. The maximum absolute atomic E-state index is 13.4. The van der Waals surface area contributed by atoms with E-state index in [4.69, 9.17) is 11.5 Å². The van der Waals surface area contributed by atoms with Crippen molar-refractivity contribution < 1.29 is 14.0 Å². The maximum atomic E-state index is 13.4. The van der Waals surface area contributed by atoms with Gasteiger partial charge in [-0.25, -0.2) is 4.39 Å². The van der Waals surface area contributed by atoms with Crippen molar-refractivity contribution in [2.24, 2.45) is 21.5 Å². The van der Waals surface area contributed by atoms with Crippen LogP contribution in [-0.4, -0.2) is 28.2 Å². The van der Waals surface area contributed by atoms with Gasteiger partial charge in [0.05, 0.1) is 5.69 Å².